The molecule has 12 heterocycles. The molecule has 8 aliphatic rings. The molecule has 7 aliphatic heterocycles. The van der Waals surface area contributed by atoms with Gasteiger partial charge in [0.2, 0.25) is 23.6 Å². The van der Waals surface area contributed by atoms with Crippen molar-refractivity contribution in [3.8, 4) is 11.3 Å². The second kappa shape index (κ2) is 44.0. The maximum Gasteiger partial charge on any atom is 0.410 e. The standard InChI is InChI=1S/C98H130N18O17/c1-60-15-11-10-12-16-61(2)82(126-7)51-74-24-18-65(6)98(125,133-74)88(120)92(122)115-31-14-13-17-77(115)93(123)130-73(50-83(127-8)64(5)46-63(4)79(118)52-78(117)62(3)45-60)25-20-66-21-26-81(84(48-66)128-9)132-97(124)114-33-29-75-72(58-114)55-103-96(107-75)112-40-38-110(39-41-112)85(119)30-43-129-44-42-109-34-36-111(37-35-109)95-101-53-71(54-102-95)91(121)113-32-28-68-47-67(19-22-70(68)57-113)56-116-90-86(89(99)104-59-105-90)87(108-116)69-23-27-80-76(49-69)106-94(100)131-80/h10-12,15-16,19,22-23,27,46-47,49,53-55,59-60,62,64-66,73-74,77,79,81-84,118,125H,13-14,17-18,20-21,24-26,28-45,48,50-52,56-58H2,1-9H3,(H2,100,106)(H2,99,104,105)/b12-10+,15-11+,61-16+,63-46+/t60-,62-,64-,65-,66-,73-,74?,77+,79+,81-,82+,83-,84-,98-/m1/s1. The highest BCUT2D eigenvalue weighted by Crippen LogP contribution is 2.40. The Morgan fingerprint density at radius 3 is 2.22 bits per heavy atom. The Hall–Kier alpha value is -11.1. The van der Waals surface area contributed by atoms with E-state index in [1.807, 2.05) is 83.8 Å². The number of ether oxygens (including phenoxy) is 7. The zero-order chi connectivity index (χ0) is 93.7. The fourth-order valence-corrected chi connectivity index (χ4v) is 20.0. The number of ketones is 2. The molecule has 4 amide bonds. The fourth-order valence-electron chi connectivity index (χ4n) is 20.0. The third kappa shape index (κ3) is 23.3. The van der Waals surface area contributed by atoms with Gasteiger partial charge < -0.3 is 88.7 Å². The Kier molecular flexibility index (Phi) is 31.9. The summed E-state index contributed by atoms with van der Waals surface area (Å²) in [6.45, 7) is 20.2. The topological polar surface area (TPSA) is 420 Å². The number of anilines is 4. The van der Waals surface area contributed by atoms with Crippen LogP contribution >= 0.6 is 0 Å². The molecule has 35 heteroatoms. The summed E-state index contributed by atoms with van der Waals surface area (Å²) < 4.78 is 50.6. The molecular weight excluding hydrogens is 1700 g/mol. The predicted molar refractivity (Wildman–Crippen MR) is 497 cm³/mol. The number of allylic oxidation sites excluding steroid dienone is 5. The first kappa shape index (κ1) is 96.5. The number of rotatable bonds is 19. The molecule has 0 spiro atoms. The lowest BCUT2D eigenvalue weighted by atomic mass is 9.81. The smallest absolute Gasteiger partial charge is 0.410 e. The van der Waals surface area contributed by atoms with Gasteiger partial charge in [0.15, 0.2) is 11.2 Å². The number of piperidine rings is 1. The van der Waals surface area contributed by atoms with Crippen LogP contribution in [0.25, 0.3) is 33.4 Å². The molecule has 0 radical (unpaired) electrons. The van der Waals surface area contributed by atoms with Crippen molar-refractivity contribution in [3.05, 3.63) is 142 Å². The molecule has 5 aromatic heterocycles. The lowest BCUT2D eigenvalue weighted by Crippen LogP contribution is -2.60. The van der Waals surface area contributed by atoms with E-state index in [1.54, 1.807) is 64.7 Å². The van der Waals surface area contributed by atoms with E-state index in [0.717, 1.165) is 58.7 Å². The van der Waals surface area contributed by atoms with Crippen molar-refractivity contribution in [3.63, 3.8) is 0 Å². The number of piperazine rings is 2. The quantitative estimate of drug-likeness (QED) is 0.0253. The Morgan fingerprint density at radius 2 is 1.44 bits per heavy atom. The molecule has 5 fully saturated rings. The molecule has 4 saturated heterocycles. The number of benzene rings is 2. The maximum absolute atomic E-state index is 14.9. The third-order valence-corrected chi connectivity index (χ3v) is 28.2. The molecule has 15 rings (SSSR count). The van der Waals surface area contributed by atoms with Crippen LogP contribution in [-0.4, -0.2) is 288 Å². The molecule has 133 heavy (non-hydrogen) atoms. The summed E-state index contributed by atoms with van der Waals surface area (Å²) in [6, 6.07) is 10.8. The van der Waals surface area contributed by atoms with E-state index in [2.05, 4.69) is 64.7 Å². The number of methoxy groups -OCH3 is 3. The van der Waals surface area contributed by atoms with Crippen LogP contribution in [0, 0.1) is 29.6 Å². The second-order valence-corrected chi connectivity index (χ2v) is 37.4. The van der Waals surface area contributed by atoms with E-state index in [-0.39, 0.29) is 86.1 Å². The average Bonchev–Trinajstić information content (AvgIpc) is 1.60. The summed E-state index contributed by atoms with van der Waals surface area (Å²) in [5.74, 6) is -5.11. The molecule has 14 atom stereocenters. The minimum atomic E-state index is -2.45. The number of aromatic nitrogens is 9. The molecule has 35 nitrogen and oxygen atoms in total. The van der Waals surface area contributed by atoms with Crippen LogP contribution in [-0.2, 0) is 89.6 Å². The van der Waals surface area contributed by atoms with Crippen molar-refractivity contribution in [1.82, 2.24) is 69.2 Å². The lowest BCUT2D eigenvalue weighted by Gasteiger charge is -2.42. The first-order valence-corrected chi connectivity index (χ1v) is 47.4. The van der Waals surface area contributed by atoms with Crippen LogP contribution in [0.3, 0.4) is 0 Å². The zero-order valence-electron chi connectivity index (χ0n) is 78.1. The SMILES string of the molecule is CO[C@H]1CC2CC[C@@H](C)[C@@](O)(O2)C(=O)C(=O)N2CCCC[C@H]2C(=O)O[C@H](CC[C@@H]2CC[C@@H](OC(=O)N3CCc4nc(N5CCN(C(=O)CCOCCN6CCN(c7ncc(C(=O)N8CCc9cc(Cn%10nc(-c%11ccc%12oc(N)nc%12c%11)c%11c(N)ncnc%11%10)ccc9C8)cn7)CC6)CC5)ncc4C3)[C@H](OC)C2)C[C@@H](OC)[C@H](C)/C=C(\C)[C@@H](O)CC(=O)[C@H](C)C[C@H](C)/C=C/C=C/C=C/1C. The predicted octanol–water partition coefficient (Wildman–Crippen LogP) is 9.77. The number of nitrogen functional groups attached to an aromatic ring is 2. The van der Waals surface area contributed by atoms with Crippen molar-refractivity contribution < 1.29 is 81.4 Å². The summed E-state index contributed by atoms with van der Waals surface area (Å²) >= 11 is 0. The number of hydrogen-bond donors (Lipinski definition) is 4. The summed E-state index contributed by atoms with van der Waals surface area (Å²) in [5.41, 5.74) is 22.3. The fraction of sp³-hybridized carbons (Fsp3) is 0.582. The summed E-state index contributed by atoms with van der Waals surface area (Å²) in [4.78, 5) is 144. The number of oxazole rings is 1. The minimum absolute atomic E-state index is 0.0344. The van der Waals surface area contributed by atoms with E-state index in [9.17, 15) is 43.8 Å². The number of aliphatic hydroxyl groups excluding tert-OH is 1. The van der Waals surface area contributed by atoms with E-state index < -0.39 is 84.2 Å². The third-order valence-electron chi connectivity index (χ3n) is 28.2. The van der Waals surface area contributed by atoms with Gasteiger partial charge in [0.25, 0.3) is 23.6 Å². The summed E-state index contributed by atoms with van der Waals surface area (Å²) in [6.07, 6.45) is 20.9. The summed E-state index contributed by atoms with van der Waals surface area (Å²) in [7, 11) is 4.79. The molecular formula is C98H130N18O17. The maximum atomic E-state index is 14.9. The van der Waals surface area contributed by atoms with Gasteiger partial charge in [-0.25, -0.2) is 44.2 Å². The van der Waals surface area contributed by atoms with Crippen LogP contribution in [0.4, 0.5) is 28.5 Å². The molecule has 714 valence electrons. The van der Waals surface area contributed by atoms with E-state index in [4.69, 9.17) is 64.1 Å². The molecule has 2 bridgehead atoms. The number of amides is 4. The van der Waals surface area contributed by atoms with Gasteiger partial charge in [-0.2, -0.15) is 10.1 Å². The van der Waals surface area contributed by atoms with Crippen molar-refractivity contribution in [1.29, 1.82) is 0 Å². The minimum Gasteiger partial charge on any atom is -0.461 e. The Labute approximate surface area is 776 Å². The molecule has 1 unspecified atom stereocenters. The van der Waals surface area contributed by atoms with Crippen LogP contribution in [0.1, 0.15) is 176 Å². The van der Waals surface area contributed by atoms with Crippen LogP contribution in [0.15, 0.2) is 113 Å². The number of fused-ring (bicyclic) bond motifs is 7. The highest BCUT2D eigenvalue weighted by atomic mass is 16.6. The molecule has 1 saturated carbocycles. The Balaban J connectivity index is 0.478. The number of aliphatic hydroxyl groups is 2. The highest BCUT2D eigenvalue weighted by Gasteiger charge is 2.53. The lowest BCUT2D eigenvalue weighted by molar-refractivity contribution is -0.265. The normalized spacial score (nSPS) is 28.1. The summed E-state index contributed by atoms with van der Waals surface area (Å²) in [5, 5.41) is 29.3. The van der Waals surface area contributed by atoms with Crippen LogP contribution < -0.4 is 21.3 Å². The monoisotopic (exact) mass is 1830 g/mol. The number of nitrogens with zero attached hydrogens (tertiary/aromatic N) is 16. The van der Waals surface area contributed by atoms with Gasteiger partial charge in [-0.05, 0) is 149 Å². The van der Waals surface area contributed by atoms with E-state index in [1.165, 1.54) is 11.2 Å². The molecule has 1 aliphatic carbocycles. The number of carbonyl (C=O) groups is 7. The van der Waals surface area contributed by atoms with Gasteiger partial charge in [-0.1, -0.05) is 82.4 Å². The van der Waals surface area contributed by atoms with Crippen LogP contribution in [0.5, 0.6) is 0 Å². The number of cyclic esters (lactones) is 1. The number of Topliss-reactive ketones (excluding diaryl/α,β-unsaturated/α-hetero) is 2. The van der Waals surface area contributed by atoms with Crippen molar-refractivity contribution in [2.45, 2.75) is 225 Å². The molecule has 7 aromatic rings. The number of nitrogens with two attached hydrogens (primary N) is 2. The first-order chi connectivity index (χ1) is 64.2. The largest absolute Gasteiger partial charge is 0.461 e. The Morgan fingerprint density at radius 1 is 0.677 bits per heavy atom. The van der Waals surface area contributed by atoms with Gasteiger partial charge in [0.1, 0.15) is 47.4 Å². The first-order valence-electron chi connectivity index (χ1n) is 47.4. The number of esters is 1. The van der Waals surface area contributed by atoms with E-state index >= 15 is 0 Å². The van der Waals surface area contributed by atoms with Gasteiger partial charge >= 0.3 is 12.1 Å². The van der Waals surface area contributed by atoms with Gasteiger partial charge in [-0.15, -0.1) is 0 Å². The van der Waals surface area contributed by atoms with Crippen molar-refractivity contribution in [2.75, 3.05) is 134 Å². The zero-order valence-corrected chi connectivity index (χ0v) is 78.1. The van der Waals surface area contributed by atoms with Gasteiger partial charge in [0, 0.05) is 180 Å². The number of hydrogen-bond acceptors (Lipinski definition) is 30. The van der Waals surface area contributed by atoms with Crippen molar-refractivity contribution >= 4 is 87.2 Å². The Bertz CT molecular complexity index is 5410. The van der Waals surface area contributed by atoms with Crippen molar-refractivity contribution in [2.24, 2.45) is 29.6 Å². The molecule has 6 N–H and O–H groups in total. The average molecular weight is 1830 g/mol. The van der Waals surface area contributed by atoms with Gasteiger partial charge in [0.05, 0.1) is 79.9 Å². The van der Waals surface area contributed by atoms with E-state index in [0.29, 0.717) is 219 Å². The second-order valence-electron chi connectivity index (χ2n) is 37.4. The van der Waals surface area contributed by atoms with Gasteiger partial charge in [-0.3, -0.25) is 28.9 Å². The molecule has 2 aromatic carbocycles. The number of carbonyl (C=O) groups excluding carboxylic acids is 7. The van der Waals surface area contributed by atoms with Crippen LogP contribution in [0.2, 0.25) is 0 Å². The highest BCUT2D eigenvalue weighted by molar-refractivity contribution is 6.39.